The lowest BCUT2D eigenvalue weighted by atomic mass is 9.78. The molecule has 1 atom stereocenters. The van der Waals surface area contributed by atoms with Crippen molar-refractivity contribution in [1.29, 1.82) is 0 Å². The minimum Gasteiger partial charge on any atom is -0.661 e. The van der Waals surface area contributed by atoms with E-state index in [1.54, 1.807) is 0 Å². The number of allylic oxidation sites excluding steroid dienone is 3. The molecule has 18 nitrogen and oxygen atoms in total. The number of rotatable bonds is 14. The monoisotopic (exact) mass is 2150 g/mol. The van der Waals surface area contributed by atoms with Gasteiger partial charge >= 0.3 is 21.2 Å². The Bertz CT molecular complexity index is 4840. The van der Waals surface area contributed by atoms with Crippen molar-refractivity contribution in [2.45, 2.75) is 200 Å². The Morgan fingerprint density at radius 2 is 0.841 bits per heavy atom. The summed E-state index contributed by atoms with van der Waals surface area (Å²) in [5.41, 5.74) is 17.5. The third-order valence-electron chi connectivity index (χ3n) is 31.2. The highest BCUT2D eigenvalue weighted by Crippen LogP contribution is 2.49. The van der Waals surface area contributed by atoms with Gasteiger partial charge in [-0.1, -0.05) is 68.4 Å². The first-order chi connectivity index (χ1) is 60.8. The second-order valence-corrected chi connectivity index (χ2v) is 44.8. The van der Waals surface area contributed by atoms with Crippen LogP contribution >= 0.6 is 130 Å². The van der Waals surface area contributed by atoms with Gasteiger partial charge in [0.05, 0.1) is 32.4 Å². The Balaban J connectivity index is 0.000000139. The smallest absolute Gasteiger partial charge is 0.376 e. The summed E-state index contributed by atoms with van der Waals surface area (Å²) in [7, 11) is -1.15. The molecule has 0 saturated carbocycles. The number of hydrogen-bond acceptors (Lipinski definition) is 13. The van der Waals surface area contributed by atoms with Crippen LogP contribution in [0.5, 0.6) is 0 Å². The number of carbonyl (C=O) groups excluding carboxylic acids is 3. The number of nitrogens with zero attached hydrogens (tertiary/aromatic N) is 12. The Morgan fingerprint density at radius 3 is 1.32 bits per heavy atom. The molecule has 0 radical (unpaired) electrons. The average molecular weight is 2160 g/mol. The third kappa shape index (κ3) is 22.7. The molecular weight excluding hydrogens is 2040 g/mol. The molecule has 676 valence electrons. The van der Waals surface area contributed by atoms with Crippen molar-refractivity contribution in [1.82, 2.24) is 48.9 Å². The summed E-state index contributed by atoms with van der Waals surface area (Å²) in [6.07, 6.45) is 35.6. The maximum absolute atomic E-state index is 13.1. The highest BCUT2D eigenvalue weighted by atomic mass is 79.9. The summed E-state index contributed by atoms with van der Waals surface area (Å²) in [4.78, 5) is 67.2. The van der Waals surface area contributed by atoms with Crippen molar-refractivity contribution in [3.05, 3.63) is 188 Å². The molecule has 3 aliphatic carbocycles. The first-order valence-electron chi connectivity index (χ1n) is 47.3. The number of aryl methyl sites for hydroxylation is 2. The van der Waals surface area contributed by atoms with Crippen molar-refractivity contribution in [3.63, 3.8) is 0 Å². The van der Waals surface area contributed by atoms with Crippen LogP contribution in [-0.2, 0) is 46.5 Å². The fourth-order valence-corrected chi connectivity index (χ4v) is 26.9. The highest BCUT2D eigenvalue weighted by Gasteiger charge is 2.42. The number of carbonyl (C=O) groups is 3. The molecule has 3 N–H and O–H groups in total. The van der Waals surface area contributed by atoms with Gasteiger partial charge < -0.3 is 54.4 Å². The van der Waals surface area contributed by atoms with Gasteiger partial charge in [-0.25, -0.2) is 9.56 Å². The summed E-state index contributed by atoms with van der Waals surface area (Å²) in [6, 6.07) is 17.3. The lowest BCUT2D eigenvalue weighted by Gasteiger charge is -2.44. The fourth-order valence-electron chi connectivity index (χ4n) is 23.6. The number of piperidine rings is 9. The molecule has 30 heteroatoms. The molecule has 2 aromatic heterocycles. The molecule has 9 fully saturated rings. The second-order valence-electron chi connectivity index (χ2n) is 38.4. The Labute approximate surface area is 814 Å². The topological polar surface area (TPSA) is 181 Å². The van der Waals surface area contributed by atoms with Gasteiger partial charge in [0.1, 0.15) is 18.8 Å². The van der Waals surface area contributed by atoms with Crippen LogP contribution in [0.2, 0.25) is 35.5 Å². The van der Waals surface area contributed by atoms with Crippen LogP contribution in [0, 0.1) is 53.3 Å². The van der Waals surface area contributed by atoms with Crippen LogP contribution in [0.4, 0.5) is 0 Å². The zero-order valence-electron chi connectivity index (χ0n) is 73.6. The summed E-state index contributed by atoms with van der Waals surface area (Å²) < 4.78 is 8.69. The van der Waals surface area contributed by atoms with Crippen LogP contribution in [0.25, 0.3) is 11.0 Å². The van der Waals surface area contributed by atoms with Crippen LogP contribution < -0.4 is 0 Å². The number of aromatic nitrogens is 2. The Morgan fingerprint density at radius 1 is 0.452 bits per heavy atom. The van der Waals surface area contributed by atoms with E-state index in [1.807, 2.05) is 57.3 Å². The predicted molar refractivity (Wildman–Crippen MR) is 532 cm³/mol. The van der Waals surface area contributed by atoms with Crippen LogP contribution in [0.15, 0.2) is 111 Å². The molecule has 5 aromatic rings. The van der Waals surface area contributed by atoms with E-state index in [0.29, 0.717) is 84.3 Å². The lowest BCUT2D eigenvalue weighted by molar-refractivity contribution is -0.541. The van der Waals surface area contributed by atoms with E-state index >= 15 is 0 Å². The number of fused-ring (bicyclic) bond motifs is 6. The van der Waals surface area contributed by atoms with Crippen molar-refractivity contribution >= 4 is 181 Å². The van der Waals surface area contributed by atoms with Crippen molar-refractivity contribution in [2.75, 3.05) is 118 Å². The van der Waals surface area contributed by atoms with Gasteiger partial charge in [0.25, 0.3) is 0 Å². The predicted octanol–water partition coefficient (Wildman–Crippen LogP) is 20.1. The molecule has 3 aromatic carbocycles. The van der Waals surface area contributed by atoms with Crippen LogP contribution in [0.3, 0.4) is 0 Å². The van der Waals surface area contributed by atoms with E-state index in [1.165, 1.54) is 106 Å². The molecule has 3 amide bonds. The number of benzene rings is 3. The van der Waals surface area contributed by atoms with Crippen LogP contribution in [-0.4, -0.2) is 231 Å². The molecule has 12 heterocycles. The number of likely N-dealkylation sites (tertiary alicyclic amines) is 5. The molecule has 1 unspecified atom stereocenters. The first kappa shape index (κ1) is 95.7. The van der Waals surface area contributed by atoms with E-state index in [4.69, 9.17) is 50.1 Å². The fraction of sp³-hybridized carbons (Fsp3) is 0.604. The van der Waals surface area contributed by atoms with E-state index in [0.717, 1.165) is 293 Å². The highest BCUT2D eigenvalue weighted by molar-refractivity contribution is 9.12. The van der Waals surface area contributed by atoms with Crippen molar-refractivity contribution in [3.8, 4) is 0 Å². The maximum Gasteiger partial charge on any atom is 0.376 e. The van der Waals surface area contributed by atoms with Gasteiger partial charge in [-0.05, 0) is 427 Å². The molecule has 0 spiro atoms. The first-order valence-corrected chi connectivity index (χ1v) is 53.2. The van der Waals surface area contributed by atoms with Gasteiger partial charge in [-0.2, -0.15) is 6.20 Å². The van der Waals surface area contributed by atoms with E-state index < -0.39 is 0 Å². The number of amides is 3. The lowest BCUT2D eigenvalue weighted by Crippen LogP contribution is -2.45. The number of hydrogen-bond donors (Lipinski definition) is 3. The summed E-state index contributed by atoms with van der Waals surface area (Å²) in [5, 5.41) is 36.7. The zero-order chi connectivity index (χ0) is 88.1. The van der Waals surface area contributed by atoms with Crippen molar-refractivity contribution < 1.29 is 34.0 Å². The quantitative estimate of drug-likeness (QED) is 0.0707. The Kier molecular flexibility index (Phi) is 33.3. The normalized spacial score (nSPS) is 23.0. The molecule has 0 bridgehead atoms. The van der Waals surface area contributed by atoms with Crippen LogP contribution in [0.1, 0.15) is 203 Å². The molecule has 18 rings (SSSR count). The van der Waals surface area contributed by atoms with E-state index in [2.05, 4.69) is 175 Å². The summed E-state index contributed by atoms with van der Waals surface area (Å²) in [6.45, 7) is 22.6. The number of halogens is 9. The Hall–Kier alpha value is -3.48. The molecular formula is C96H124B3Br6Cl3N12O6. The van der Waals surface area contributed by atoms with Gasteiger partial charge in [0.2, 0.25) is 23.4 Å². The molecule has 126 heavy (non-hydrogen) atoms. The number of pyridine rings is 2. The largest absolute Gasteiger partial charge is 0.661 e. The van der Waals surface area contributed by atoms with Crippen molar-refractivity contribution in [2.24, 2.45) is 53.3 Å². The van der Waals surface area contributed by atoms with E-state index in [-0.39, 0.29) is 27.2 Å². The molecule has 10 aliphatic heterocycles. The summed E-state index contributed by atoms with van der Waals surface area (Å²) >= 11 is 41.9. The van der Waals surface area contributed by atoms with Gasteiger partial charge in [-0.15, -0.1) is 5.70 Å². The molecule has 13 aliphatic rings. The SMILES string of the molecule is CB(O)N1CCC(CC(=O)N2CCC(C3CCN(C4=C5[N-]C=C(Br)C=C5CCc5c4ccc(Cl)c5Br)CC3)CC2)CC1.CB(O)N1CCC(CC(=O)N2CCC(C3CCN(C4c5ccc(Cl)c(Br)c5CCc5cc(Br)cnc54)CC3)CC2)CC1.CB(O)N1CCC(CC(=O)N2CCC(C3CC[N+](=C4c5ccc(Cl)c(Br)c5CCc5cc(Br)cnc54)CC3)CC2)CC1. The standard InChI is InChI=1S/C32H42BBr2ClN4O2.2C32H41BBr2ClN4O2/c3*1-33(42)40-16-6-21(7-17-40)18-29(41)38-12-8-22(9-13-38)23-10-14-39(15-11-23)32-27-4-5-28(36)30(35)26(27)3-2-24-19-25(34)20-37-31(24)32/h4-5,19-23,32,42H,2-3,6-18H2,1H3;2*4-5,19-23,42H,2-3,6-18H2,1H3/q;-1;+1. The molecule has 9 saturated heterocycles. The zero-order valence-corrected chi connectivity index (χ0v) is 85.4. The second kappa shape index (κ2) is 43.9. The summed E-state index contributed by atoms with van der Waals surface area (Å²) in [5.74, 6) is 6.65. The minimum atomic E-state index is -0.384. The van der Waals surface area contributed by atoms with E-state index in [9.17, 15) is 29.5 Å². The average Bonchev–Trinajstić information content (AvgIpc) is 1.56. The third-order valence-corrected chi connectivity index (χ3v) is 36.8. The van der Waals surface area contributed by atoms with Gasteiger partial charge in [0, 0.05) is 130 Å². The van der Waals surface area contributed by atoms with Gasteiger partial charge in [-0.3, -0.25) is 24.3 Å². The van der Waals surface area contributed by atoms with Gasteiger partial charge in [0.15, 0.2) is 0 Å². The maximum atomic E-state index is 13.1. The minimum absolute atomic E-state index is 0.145.